The van der Waals surface area contributed by atoms with Crippen LogP contribution < -0.4 is 0 Å². The van der Waals surface area contributed by atoms with Crippen LogP contribution in [-0.2, 0) is 4.79 Å². The first-order chi connectivity index (χ1) is 5.07. The number of hydrogen-bond donors (Lipinski definition) is 1. The molecule has 0 fully saturated rings. The summed E-state index contributed by atoms with van der Waals surface area (Å²) in [4.78, 5) is 10.2. The van der Waals surface area contributed by atoms with E-state index in [1.807, 2.05) is 5.92 Å². The van der Waals surface area contributed by atoms with Crippen molar-refractivity contribution in [3.8, 4) is 12.3 Å². The molecular formula is C7H8F2O2. The lowest BCUT2D eigenvalue weighted by molar-refractivity contribution is -0.143. The van der Waals surface area contributed by atoms with Gasteiger partial charge in [-0.2, -0.15) is 0 Å². The molecular weight excluding hydrogens is 154 g/mol. The molecule has 0 radical (unpaired) electrons. The monoisotopic (exact) mass is 162 g/mol. The van der Waals surface area contributed by atoms with E-state index in [9.17, 15) is 13.6 Å². The fraction of sp³-hybridized carbons (Fsp3) is 0.571. The number of carboxylic acids is 1. The minimum absolute atomic E-state index is 0.139. The highest BCUT2D eigenvalue weighted by atomic mass is 19.3. The molecule has 0 aromatic carbocycles. The Morgan fingerprint density at radius 2 is 2.18 bits per heavy atom. The van der Waals surface area contributed by atoms with Gasteiger partial charge in [-0.3, -0.25) is 4.79 Å². The third-order valence-corrected chi connectivity index (χ3v) is 1.18. The lowest BCUT2D eigenvalue weighted by atomic mass is 10.0. The zero-order chi connectivity index (χ0) is 8.85. The highest BCUT2D eigenvalue weighted by molar-refractivity contribution is 5.70. The van der Waals surface area contributed by atoms with Crippen molar-refractivity contribution in [1.82, 2.24) is 0 Å². The average Bonchev–Trinajstić information content (AvgIpc) is 1.86. The van der Waals surface area contributed by atoms with Crippen molar-refractivity contribution in [1.29, 1.82) is 0 Å². The Balaban J connectivity index is 3.92. The van der Waals surface area contributed by atoms with Crippen LogP contribution in [0.5, 0.6) is 0 Å². The van der Waals surface area contributed by atoms with Crippen molar-refractivity contribution >= 4 is 5.97 Å². The highest BCUT2D eigenvalue weighted by Crippen LogP contribution is 2.13. The average molecular weight is 162 g/mol. The molecule has 1 unspecified atom stereocenters. The Kier molecular flexibility index (Phi) is 4.20. The Bertz CT molecular complexity index is 172. The number of rotatable bonds is 4. The molecule has 0 rings (SSSR count). The van der Waals surface area contributed by atoms with E-state index in [1.165, 1.54) is 0 Å². The molecule has 11 heavy (non-hydrogen) atoms. The summed E-state index contributed by atoms with van der Waals surface area (Å²) in [7, 11) is 0. The van der Waals surface area contributed by atoms with Gasteiger partial charge in [-0.15, -0.1) is 12.3 Å². The number of alkyl halides is 2. The van der Waals surface area contributed by atoms with Gasteiger partial charge in [-0.05, 0) is 0 Å². The summed E-state index contributed by atoms with van der Waals surface area (Å²) in [5, 5.41) is 8.32. The van der Waals surface area contributed by atoms with Gasteiger partial charge in [0, 0.05) is 12.8 Å². The van der Waals surface area contributed by atoms with Crippen molar-refractivity contribution in [3.05, 3.63) is 0 Å². The van der Waals surface area contributed by atoms with Crippen LogP contribution in [-0.4, -0.2) is 17.5 Å². The van der Waals surface area contributed by atoms with Crippen LogP contribution in [0.2, 0.25) is 0 Å². The number of halogens is 2. The first-order valence-electron chi connectivity index (χ1n) is 3.02. The Morgan fingerprint density at radius 1 is 1.64 bits per heavy atom. The Hall–Kier alpha value is -1.11. The summed E-state index contributed by atoms with van der Waals surface area (Å²) in [6.07, 6.45) is 1.37. The molecule has 2 nitrogen and oxygen atoms in total. The first-order valence-corrected chi connectivity index (χ1v) is 3.02. The van der Waals surface area contributed by atoms with E-state index in [2.05, 4.69) is 0 Å². The van der Waals surface area contributed by atoms with Gasteiger partial charge in [0.25, 0.3) is 0 Å². The van der Waals surface area contributed by atoms with E-state index in [4.69, 9.17) is 11.5 Å². The molecule has 0 bridgehead atoms. The number of terminal acetylenes is 1. The zero-order valence-corrected chi connectivity index (χ0v) is 5.76. The summed E-state index contributed by atoms with van der Waals surface area (Å²) >= 11 is 0. The maximum Gasteiger partial charge on any atom is 0.307 e. The predicted octanol–water partition coefficient (Wildman–Crippen LogP) is 1.37. The molecule has 0 saturated carbocycles. The van der Waals surface area contributed by atoms with Gasteiger partial charge in [0.05, 0.1) is 5.92 Å². The zero-order valence-electron chi connectivity index (χ0n) is 5.76. The molecule has 0 amide bonds. The molecule has 0 heterocycles. The quantitative estimate of drug-likeness (QED) is 0.634. The molecule has 0 spiro atoms. The third-order valence-electron chi connectivity index (χ3n) is 1.18. The molecule has 0 aliphatic rings. The van der Waals surface area contributed by atoms with Gasteiger partial charge in [-0.1, -0.05) is 0 Å². The number of hydrogen-bond acceptors (Lipinski definition) is 1. The SMILES string of the molecule is C#CCC(CC(F)F)C(=O)O. The molecule has 1 atom stereocenters. The Labute approximate surface area is 63.2 Å². The molecule has 4 heteroatoms. The van der Waals surface area contributed by atoms with E-state index in [1.54, 1.807) is 0 Å². The lowest BCUT2D eigenvalue weighted by Gasteiger charge is -2.06. The van der Waals surface area contributed by atoms with Crippen molar-refractivity contribution in [2.24, 2.45) is 5.92 Å². The van der Waals surface area contributed by atoms with Gasteiger partial charge in [0.2, 0.25) is 6.43 Å². The van der Waals surface area contributed by atoms with Crippen LogP contribution in [0.1, 0.15) is 12.8 Å². The largest absolute Gasteiger partial charge is 0.481 e. The summed E-state index contributed by atoms with van der Waals surface area (Å²) in [6, 6.07) is 0. The van der Waals surface area contributed by atoms with E-state index >= 15 is 0 Å². The van der Waals surface area contributed by atoms with Crippen LogP contribution in [0.4, 0.5) is 8.78 Å². The minimum atomic E-state index is -2.61. The van der Waals surface area contributed by atoms with Crippen LogP contribution in [0.25, 0.3) is 0 Å². The van der Waals surface area contributed by atoms with Gasteiger partial charge in [-0.25, -0.2) is 8.78 Å². The first kappa shape index (κ1) is 9.89. The molecule has 62 valence electrons. The summed E-state index contributed by atoms with van der Waals surface area (Å²) < 4.78 is 23.3. The maximum atomic E-state index is 11.6. The number of carbonyl (C=O) groups is 1. The van der Waals surface area contributed by atoms with Crippen molar-refractivity contribution in [2.45, 2.75) is 19.3 Å². The fourth-order valence-electron chi connectivity index (χ4n) is 0.629. The minimum Gasteiger partial charge on any atom is -0.481 e. The van der Waals surface area contributed by atoms with Crippen molar-refractivity contribution in [3.63, 3.8) is 0 Å². The van der Waals surface area contributed by atoms with Crippen LogP contribution in [0.3, 0.4) is 0 Å². The van der Waals surface area contributed by atoms with Gasteiger partial charge < -0.3 is 5.11 Å². The van der Waals surface area contributed by atoms with Crippen LogP contribution in [0, 0.1) is 18.3 Å². The predicted molar refractivity (Wildman–Crippen MR) is 35.2 cm³/mol. The number of carboxylic acid groups (broad SMARTS) is 1. The van der Waals surface area contributed by atoms with E-state index in [0.29, 0.717) is 0 Å². The normalized spacial score (nSPS) is 12.5. The molecule has 0 saturated heterocycles. The fourth-order valence-corrected chi connectivity index (χ4v) is 0.629. The molecule has 0 aromatic rings. The lowest BCUT2D eigenvalue weighted by Crippen LogP contribution is -2.16. The standard InChI is InChI=1S/C7H8F2O2/c1-2-3-5(7(10)11)4-6(8)9/h1,5-6H,3-4H2,(H,10,11). The summed E-state index contributed by atoms with van der Waals surface area (Å²) in [6.45, 7) is 0. The number of aliphatic carboxylic acids is 1. The van der Waals surface area contributed by atoms with Crippen molar-refractivity contribution in [2.75, 3.05) is 0 Å². The van der Waals surface area contributed by atoms with Crippen LogP contribution >= 0.6 is 0 Å². The Morgan fingerprint density at radius 3 is 2.45 bits per heavy atom. The van der Waals surface area contributed by atoms with Gasteiger partial charge in [0.15, 0.2) is 0 Å². The van der Waals surface area contributed by atoms with E-state index in [-0.39, 0.29) is 6.42 Å². The van der Waals surface area contributed by atoms with Crippen LogP contribution in [0.15, 0.2) is 0 Å². The summed E-state index contributed by atoms with van der Waals surface area (Å²) in [5.41, 5.74) is 0. The third kappa shape index (κ3) is 4.31. The second kappa shape index (κ2) is 4.67. The van der Waals surface area contributed by atoms with E-state index in [0.717, 1.165) is 0 Å². The second-order valence-corrected chi connectivity index (χ2v) is 2.07. The molecule has 0 aliphatic carbocycles. The molecule has 0 aromatic heterocycles. The molecule has 0 aliphatic heterocycles. The van der Waals surface area contributed by atoms with Gasteiger partial charge >= 0.3 is 5.97 Å². The van der Waals surface area contributed by atoms with E-state index < -0.39 is 24.7 Å². The topological polar surface area (TPSA) is 37.3 Å². The summed E-state index contributed by atoms with van der Waals surface area (Å²) in [5.74, 6) is -0.332. The maximum absolute atomic E-state index is 11.6. The second-order valence-electron chi connectivity index (χ2n) is 2.07. The van der Waals surface area contributed by atoms with Crippen molar-refractivity contribution < 1.29 is 18.7 Å². The molecule has 1 N–H and O–H groups in total. The smallest absolute Gasteiger partial charge is 0.307 e. The van der Waals surface area contributed by atoms with Gasteiger partial charge in [0.1, 0.15) is 0 Å². The highest BCUT2D eigenvalue weighted by Gasteiger charge is 2.20.